The minimum absolute atomic E-state index is 0.189. The second kappa shape index (κ2) is 10.1. The molecule has 7 rings (SSSR count). The Labute approximate surface area is 254 Å². The second-order valence-electron chi connectivity index (χ2n) is 13.9. The van der Waals surface area contributed by atoms with Crippen molar-refractivity contribution in [3.63, 3.8) is 0 Å². The van der Waals surface area contributed by atoms with Crippen molar-refractivity contribution >= 4 is 33.2 Å². The van der Waals surface area contributed by atoms with Crippen molar-refractivity contribution in [2.45, 2.75) is 81.5 Å². The molecule has 1 amide bonds. The molecular formula is C33H41ClN2O5S. The van der Waals surface area contributed by atoms with Gasteiger partial charge in [0.05, 0.1) is 23.1 Å². The summed E-state index contributed by atoms with van der Waals surface area (Å²) in [5.74, 6) is 1.11. The molecular weight excluding hydrogens is 572 g/mol. The van der Waals surface area contributed by atoms with Crippen molar-refractivity contribution in [3.05, 3.63) is 58.1 Å². The molecule has 5 aliphatic rings. The SMILES string of the molecule is C[C@@H]1CC[C@@H]2C[C@H]2[C@](C)(O)[C@@H]2CC[C@H]2CN2C[C@@]3(CCCc4cc(Cl)ccc43)COc3ccc(cc32)C(=O)NS1(=O)=O. The number of aryl methyl sites for hydroxylation is 1. The summed E-state index contributed by atoms with van der Waals surface area (Å²) < 4.78 is 35.1. The number of nitrogens with zero attached hydrogens (tertiary/aromatic N) is 1. The first kappa shape index (κ1) is 28.5. The highest BCUT2D eigenvalue weighted by Gasteiger charge is 2.56. The number of carbonyl (C=O) groups excluding carboxylic acids is 1. The highest BCUT2D eigenvalue weighted by Crippen LogP contribution is 2.57. The summed E-state index contributed by atoms with van der Waals surface area (Å²) in [5.41, 5.74) is 2.63. The van der Waals surface area contributed by atoms with Crippen molar-refractivity contribution in [1.29, 1.82) is 0 Å². The van der Waals surface area contributed by atoms with Crippen LogP contribution in [0.5, 0.6) is 5.75 Å². The summed E-state index contributed by atoms with van der Waals surface area (Å²) >= 11 is 6.40. The molecule has 7 nitrogen and oxygen atoms in total. The number of ether oxygens (including phenoxy) is 1. The number of fused-ring (bicyclic) bond motifs is 5. The zero-order chi connectivity index (χ0) is 29.4. The monoisotopic (exact) mass is 612 g/mol. The van der Waals surface area contributed by atoms with Crippen LogP contribution in [0.15, 0.2) is 36.4 Å². The lowest BCUT2D eigenvalue weighted by atomic mass is 9.63. The fraction of sp³-hybridized carbons (Fsp3) is 0.606. The Morgan fingerprint density at radius 2 is 1.88 bits per heavy atom. The molecule has 2 aromatic rings. The third-order valence-corrected chi connectivity index (χ3v) is 13.3. The molecule has 2 bridgehead atoms. The summed E-state index contributed by atoms with van der Waals surface area (Å²) in [5, 5.41) is 11.9. The molecule has 0 unspecified atom stereocenters. The maximum absolute atomic E-state index is 13.3. The number of halogens is 1. The molecule has 7 atom stereocenters. The average molecular weight is 613 g/mol. The first-order valence-electron chi connectivity index (χ1n) is 15.6. The van der Waals surface area contributed by atoms with Crippen LogP contribution in [0.3, 0.4) is 0 Å². The molecule has 0 aromatic heterocycles. The van der Waals surface area contributed by atoms with Gasteiger partial charge in [-0.2, -0.15) is 0 Å². The molecule has 42 heavy (non-hydrogen) atoms. The van der Waals surface area contributed by atoms with Gasteiger partial charge < -0.3 is 14.7 Å². The second-order valence-corrected chi connectivity index (χ2v) is 16.5. The molecule has 2 saturated carbocycles. The lowest BCUT2D eigenvalue weighted by Crippen LogP contribution is -2.53. The summed E-state index contributed by atoms with van der Waals surface area (Å²) in [7, 11) is -3.85. The minimum atomic E-state index is -3.85. The smallest absolute Gasteiger partial charge is 0.264 e. The molecule has 226 valence electrons. The molecule has 2 N–H and O–H groups in total. The maximum atomic E-state index is 13.3. The van der Waals surface area contributed by atoms with Crippen LogP contribution < -0.4 is 14.4 Å². The van der Waals surface area contributed by atoms with Crippen molar-refractivity contribution in [1.82, 2.24) is 4.72 Å². The minimum Gasteiger partial charge on any atom is -0.490 e. The number of aliphatic hydroxyl groups is 1. The number of nitrogens with one attached hydrogen (secondary N) is 1. The van der Waals surface area contributed by atoms with Crippen molar-refractivity contribution < 1.29 is 23.1 Å². The number of benzene rings is 2. The largest absolute Gasteiger partial charge is 0.490 e. The average Bonchev–Trinajstić information content (AvgIpc) is 3.73. The number of hydrogen-bond donors (Lipinski definition) is 2. The van der Waals surface area contributed by atoms with Crippen LogP contribution in [-0.2, 0) is 21.9 Å². The van der Waals surface area contributed by atoms with E-state index >= 15 is 0 Å². The number of rotatable bonds is 0. The number of anilines is 1. The first-order valence-corrected chi connectivity index (χ1v) is 17.5. The lowest BCUT2D eigenvalue weighted by Gasteiger charge is -2.49. The quantitative estimate of drug-likeness (QED) is 0.410. The molecule has 3 aliphatic carbocycles. The number of hydrogen-bond acceptors (Lipinski definition) is 6. The molecule has 2 aliphatic heterocycles. The van der Waals surface area contributed by atoms with E-state index in [1.807, 2.05) is 19.1 Å². The van der Waals surface area contributed by atoms with E-state index in [1.165, 1.54) is 11.1 Å². The standard InChI is InChI=1S/C33H41ClN2O5S/c1-20-5-6-22-15-28(22)32(2,38)26-10-7-24(26)17-36-18-33(13-3-4-21-14-25(34)9-11-27(21)33)19-41-30-12-8-23(16-29(30)36)31(37)35-42(20,39)40/h8-9,11-12,14,16,20,22,24,26,28,38H,3-7,10,13,15,17-19H2,1-2H3,(H,35,37)/t20-,22-,24+,26-,28-,32-,33+/m1/s1. The van der Waals surface area contributed by atoms with Crippen LogP contribution in [0.4, 0.5) is 5.69 Å². The van der Waals surface area contributed by atoms with E-state index in [9.17, 15) is 18.3 Å². The van der Waals surface area contributed by atoms with Gasteiger partial charge in [-0.1, -0.05) is 17.7 Å². The molecule has 2 fully saturated rings. The molecule has 1 spiro atoms. The van der Waals surface area contributed by atoms with Gasteiger partial charge in [0, 0.05) is 29.1 Å². The summed E-state index contributed by atoms with van der Waals surface area (Å²) in [6.07, 6.45) is 7.19. The van der Waals surface area contributed by atoms with Crippen molar-refractivity contribution in [2.75, 3.05) is 24.6 Å². The molecule has 0 radical (unpaired) electrons. The van der Waals surface area contributed by atoms with Gasteiger partial charge in [-0.05, 0) is 130 Å². The highest BCUT2D eigenvalue weighted by atomic mass is 35.5. The Balaban J connectivity index is 1.31. The Hall–Kier alpha value is -2.29. The van der Waals surface area contributed by atoms with Gasteiger partial charge in [-0.25, -0.2) is 13.1 Å². The van der Waals surface area contributed by atoms with Crippen molar-refractivity contribution in [3.8, 4) is 5.75 Å². The van der Waals surface area contributed by atoms with Crippen LogP contribution in [0.2, 0.25) is 5.02 Å². The molecule has 0 saturated heterocycles. The zero-order valence-electron chi connectivity index (χ0n) is 24.4. The molecule has 2 heterocycles. The predicted octanol–water partition coefficient (Wildman–Crippen LogP) is 5.47. The Kier molecular flexibility index (Phi) is 6.87. The fourth-order valence-electron chi connectivity index (χ4n) is 8.55. The van der Waals surface area contributed by atoms with Crippen LogP contribution in [0.25, 0.3) is 0 Å². The van der Waals surface area contributed by atoms with E-state index in [0.717, 1.165) is 62.2 Å². The molecule has 2 aromatic carbocycles. The van der Waals surface area contributed by atoms with Gasteiger partial charge in [-0.3, -0.25) is 4.79 Å². The van der Waals surface area contributed by atoms with Gasteiger partial charge in [0.2, 0.25) is 10.0 Å². The van der Waals surface area contributed by atoms with E-state index < -0.39 is 26.8 Å². The highest BCUT2D eigenvalue weighted by molar-refractivity contribution is 7.90. The number of amides is 1. The Morgan fingerprint density at radius 1 is 1.07 bits per heavy atom. The van der Waals surface area contributed by atoms with E-state index in [0.29, 0.717) is 42.7 Å². The predicted molar refractivity (Wildman–Crippen MR) is 164 cm³/mol. The molecule has 9 heteroatoms. The summed E-state index contributed by atoms with van der Waals surface area (Å²) in [6.45, 7) is 5.65. The summed E-state index contributed by atoms with van der Waals surface area (Å²) in [6, 6.07) is 11.5. The van der Waals surface area contributed by atoms with Gasteiger partial charge in [-0.15, -0.1) is 0 Å². The third-order valence-electron chi connectivity index (χ3n) is 11.3. The van der Waals surface area contributed by atoms with Crippen LogP contribution in [0, 0.1) is 23.7 Å². The van der Waals surface area contributed by atoms with Crippen molar-refractivity contribution in [2.24, 2.45) is 23.7 Å². The van der Waals surface area contributed by atoms with E-state index in [-0.39, 0.29) is 17.3 Å². The third kappa shape index (κ3) is 4.82. The Bertz CT molecular complexity index is 1530. The topological polar surface area (TPSA) is 95.9 Å². The van der Waals surface area contributed by atoms with Crippen LogP contribution in [-0.4, -0.2) is 50.0 Å². The Morgan fingerprint density at radius 3 is 2.67 bits per heavy atom. The zero-order valence-corrected chi connectivity index (χ0v) is 26.0. The summed E-state index contributed by atoms with van der Waals surface area (Å²) in [4.78, 5) is 15.7. The van der Waals surface area contributed by atoms with Gasteiger partial charge in [0.15, 0.2) is 0 Å². The van der Waals surface area contributed by atoms with Gasteiger partial charge in [0.25, 0.3) is 5.91 Å². The van der Waals surface area contributed by atoms with E-state index in [2.05, 4.69) is 21.8 Å². The fourth-order valence-corrected chi connectivity index (χ4v) is 9.76. The van der Waals surface area contributed by atoms with Crippen LogP contribution >= 0.6 is 11.6 Å². The van der Waals surface area contributed by atoms with Gasteiger partial charge >= 0.3 is 0 Å². The van der Waals surface area contributed by atoms with Crippen LogP contribution in [0.1, 0.15) is 80.3 Å². The normalized spacial score (nSPS) is 37.2. The van der Waals surface area contributed by atoms with E-state index in [4.69, 9.17) is 16.3 Å². The maximum Gasteiger partial charge on any atom is 0.264 e. The first-order chi connectivity index (χ1) is 20.0. The van der Waals surface area contributed by atoms with E-state index in [1.54, 1.807) is 19.1 Å². The lowest BCUT2D eigenvalue weighted by molar-refractivity contribution is -0.0868. The number of sulfonamides is 1. The number of carbonyl (C=O) groups is 1. The van der Waals surface area contributed by atoms with Gasteiger partial charge in [0.1, 0.15) is 5.75 Å².